The summed E-state index contributed by atoms with van der Waals surface area (Å²) in [7, 11) is 0. The lowest BCUT2D eigenvalue weighted by Gasteiger charge is -2.12. The monoisotopic (exact) mass is 384 g/mol. The number of nitrogens with two attached hydrogens (primary N) is 1. The zero-order valence-corrected chi connectivity index (χ0v) is 14.6. The lowest BCUT2D eigenvalue weighted by Crippen LogP contribution is -2.01. The number of nitrogen functional groups attached to an aromatic ring is 1. The van der Waals surface area contributed by atoms with E-state index < -0.39 is 4.92 Å². The highest BCUT2D eigenvalue weighted by Gasteiger charge is 2.20. The minimum Gasteiger partial charge on any atom is -0.383 e. The molecule has 1 heterocycles. The molecular formula is C18H10Cl2N4O2. The summed E-state index contributed by atoms with van der Waals surface area (Å²) >= 11 is 12.2. The van der Waals surface area contributed by atoms with Gasteiger partial charge in [0, 0.05) is 27.2 Å². The number of nitriles is 1. The Kier molecular flexibility index (Phi) is 4.76. The van der Waals surface area contributed by atoms with E-state index in [-0.39, 0.29) is 22.8 Å². The van der Waals surface area contributed by atoms with E-state index in [1.807, 2.05) is 6.07 Å². The van der Waals surface area contributed by atoms with Gasteiger partial charge in [-0.15, -0.1) is 0 Å². The van der Waals surface area contributed by atoms with E-state index in [1.54, 1.807) is 42.5 Å². The summed E-state index contributed by atoms with van der Waals surface area (Å²) in [6.07, 6.45) is 0. The minimum absolute atomic E-state index is 0.0378. The highest BCUT2D eigenvalue weighted by atomic mass is 35.5. The predicted molar refractivity (Wildman–Crippen MR) is 101 cm³/mol. The van der Waals surface area contributed by atoms with Crippen LogP contribution in [0.25, 0.3) is 22.4 Å². The third kappa shape index (κ3) is 3.18. The topological polar surface area (TPSA) is 106 Å². The molecule has 0 bridgehead atoms. The molecule has 6 nitrogen and oxygen atoms in total. The van der Waals surface area contributed by atoms with Crippen molar-refractivity contribution in [3.8, 4) is 28.5 Å². The molecular weight excluding hydrogens is 375 g/mol. The number of anilines is 1. The lowest BCUT2D eigenvalue weighted by molar-refractivity contribution is -0.384. The maximum absolute atomic E-state index is 11.3. The van der Waals surface area contributed by atoms with Crippen LogP contribution in [-0.4, -0.2) is 9.91 Å². The molecule has 0 aliphatic rings. The fraction of sp³-hybridized carbons (Fsp3) is 0. The molecule has 2 aromatic carbocycles. The number of para-hydroxylation sites is 1. The molecule has 1 aromatic heterocycles. The van der Waals surface area contributed by atoms with Crippen molar-refractivity contribution in [2.24, 2.45) is 0 Å². The van der Waals surface area contributed by atoms with Crippen molar-refractivity contribution in [2.45, 2.75) is 0 Å². The van der Waals surface area contributed by atoms with Gasteiger partial charge in [-0.25, -0.2) is 4.98 Å². The fourth-order valence-corrected chi connectivity index (χ4v) is 3.10. The second kappa shape index (κ2) is 7.00. The third-order valence-electron chi connectivity index (χ3n) is 3.76. The minimum atomic E-state index is -0.500. The highest BCUT2D eigenvalue weighted by Crippen LogP contribution is 2.38. The van der Waals surface area contributed by atoms with Crippen molar-refractivity contribution in [3.63, 3.8) is 0 Å². The van der Waals surface area contributed by atoms with E-state index in [4.69, 9.17) is 28.9 Å². The quantitative estimate of drug-likeness (QED) is 0.500. The van der Waals surface area contributed by atoms with Crippen LogP contribution in [0.5, 0.6) is 0 Å². The van der Waals surface area contributed by atoms with Crippen LogP contribution in [0.2, 0.25) is 10.0 Å². The lowest BCUT2D eigenvalue weighted by atomic mass is 9.98. The molecule has 0 aliphatic carbocycles. The normalized spacial score (nSPS) is 10.3. The molecule has 3 aromatic rings. The van der Waals surface area contributed by atoms with Crippen LogP contribution >= 0.6 is 23.2 Å². The number of hydrogen-bond acceptors (Lipinski definition) is 5. The number of nitrogens with zero attached hydrogens (tertiary/aromatic N) is 3. The first-order valence-corrected chi connectivity index (χ1v) is 8.07. The maximum Gasteiger partial charge on any atom is 0.278 e. The van der Waals surface area contributed by atoms with Gasteiger partial charge in [0.15, 0.2) is 0 Å². The molecule has 26 heavy (non-hydrogen) atoms. The smallest absolute Gasteiger partial charge is 0.278 e. The van der Waals surface area contributed by atoms with Gasteiger partial charge in [-0.2, -0.15) is 5.26 Å². The van der Waals surface area contributed by atoms with Gasteiger partial charge in [0.1, 0.15) is 17.5 Å². The van der Waals surface area contributed by atoms with Crippen LogP contribution in [0.3, 0.4) is 0 Å². The Hall–Kier alpha value is -3.14. The van der Waals surface area contributed by atoms with E-state index in [9.17, 15) is 15.4 Å². The van der Waals surface area contributed by atoms with Gasteiger partial charge >= 0.3 is 0 Å². The van der Waals surface area contributed by atoms with Crippen LogP contribution in [0.4, 0.5) is 11.5 Å². The Bertz CT molecular complexity index is 1080. The zero-order chi connectivity index (χ0) is 18.8. The van der Waals surface area contributed by atoms with Gasteiger partial charge in [0.2, 0.25) is 0 Å². The molecule has 128 valence electrons. The van der Waals surface area contributed by atoms with E-state index in [0.717, 1.165) is 0 Å². The van der Waals surface area contributed by atoms with Crippen molar-refractivity contribution >= 4 is 34.7 Å². The Morgan fingerprint density at radius 3 is 2.46 bits per heavy atom. The number of rotatable bonds is 3. The summed E-state index contributed by atoms with van der Waals surface area (Å²) in [4.78, 5) is 15.0. The number of hydrogen-bond donors (Lipinski definition) is 1. The Morgan fingerprint density at radius 2 is 1.81 bits per heavy atom. The molecule has 3 rings (SSSR count). The van der Waals surface area contributed by atoms with Crippen molar-refractivity contribution in [1.82, 2.24) is 4.98 Å². The van der Waals surface area contributed by atoms with Crippen LogP contribution in [-0.2, 0) is 0 Å². The number of nitro benzene ring substituents is 1. The maximum atomic E-state index is 11.3. The number of nitro groups is 1. The third-order valence-corrected chi connectivity index (χ3v) is 4.31. The first-order chi connectivity index (χ1) is 12.4. The number of benzene rings is 2. The average Bonchev–Trinajstić information content (AvgIpc) is 2.61. The standard InChI is InChI=1S/C18H10Cl2N4O2/c19-10-5-6-11(15(20)7-10)13-8-16(23-18(22)14(13)9-21)12-3-1-2-4-17(12)24(25)26/h1-8H,(H2,22,23). The summed E-state index contributed by atoms with van der Waals surface area (Å²) in [5, 5.41) is 21.5. The summed E-state index contributed by atoms with van der Waals surface area (Å²) in [5.41, 5.74) is 7.48. The molecule has 0 saturated carbocycles. The molecule has 0 aliphatic heterocycles. The summed E-state index contributed by atoms with van der Waals surface area (Å²) in [6.45, 7) is 0. The molecule has 0 atom stereocenters. The number of halogens is 2. The van der Waals surface area contributed by atoms with Gasteiger partial charge in [0.25, 0.3) is 5.69 Å². The van der Waals surface area contributed by atoms with Gasteiger partial charge in [-0.3, -0.25) is 10.1 Å². The molecule has 0 radical (unpaired) electrons. The van der Waals surface area contributed by atoms with Crippen molar-refractivity contribution in [3.05, 3.63) is 74.3 Å². The average molecular weight is 385 g/mol. The van der Waals surface area contributed by atoms with Crippen molar-refractivity contribution < 1.29 is 4.92 Å². The fourth-order valence-electron chi connectivity index (χ4n) is 2.59. The van der Waals surface area contributed by atoms with Gasteiger partial charge in [-0.05, 0) is 24.3 Å². The van der Waals surface area contributed by atoms with Crippen LogP contribution in [0.1, 0.15) is 5.56 Å². The van der Waals surface area contributed by atoms with E-state index in [0.29, 0.717) is 26.7 Å². The SMILES string of the molecule is N#Cc1c(-c2ccc(Cl)cc2Cl)cc(-c2ccccc2[N+](=O)[O-])nc1N. The first-order valence-electron chi connectivity index (χ1n) is 7.32. The Morgan fingerprint density at radius 1 is 1.08 bits per heavy atom. The van der Waals surface area contributed by atoms with E-state index >= 15 is 0 Å². The number of pyridine rings is 1. The highest BCUT2D eigenvalue weighted by molar-refractivity contribution is 6.36. The van der Waals surface area contributed by atoms with E-state index in [2.05, 4.69) is 4.98 Å². The molecule has 0 fully saturated rings. The Labute approximate surface area is 158 Å². The summed E-state index contributed by atoms with van der Waals surface area (Å²) in [5.74, 6) is -0.0378. The van der Waals surface area contributed by atoms with Gasteiger partial charge in [-0.1, -0.05) is 41.4 Å². The first kappa shape index (κ1) is 17.7. The summed E-state index contributed by atoms with van der Waals surface area (Å²) in [6, 6.07) is 14.6. The molecule has 8 heteroatoms. The van der Waals surface area contributed by atoms with Crippen LogP contribution < -0.4 is 5.73 Å². The molecule has 0 saturated heterocycles. The van der Waals surface area contributed by atoms with Crippen molar-refractivity contribution in [1.29, 1.82) is 5.26 Å². The zero-order valence-electron chi connectivity index (χ0n) is 13.1. The largest absolute Gasteiger partial charge is 0.383 e. The second-order valence-corrected chi connectivity index (χ2v) is 6.17. The van der Waals surface area contributed by atoms with Crippen molar-refractivity contribution in [2.75, 3.05) is 5.73 Å². The molecule has 0 amide bonds. The van der Waals surface area contributed by atoms with Crippen LogP contribution in [0.15, 0.2) is 48.5 Å². The van der Waals surface area contributed by atoms with Gasteiger partial charge < -0.3 is 5.73 Å². The Balaban J connectivity index is 2.31. The van der Waals surface area contributed by atoms with Gasteiger partial charge in [0.05, 0.1) is 16.2 Å². The molecule has 2 N–H and O–H groups in total. The van der Waals surface area contributed by atoms with Crippen LogP contribution in [0, 0.1) is 21.4 Å². The molecule has 0 spiro atoms. The summed E-state index contributed by atoms with van der Waals surface area (Å²) < 4.78 is 0. The molecule has 0 unspecified atom stereocenters. The predicted octanol–water partition coefficient (Wildman–Crippen LogP) is 5.08. The second-order valence-electron chi connectivity index (χ2n) is 5.33. The number of aromatic nitrogens is 1. The van der Waals surface area contributed by atoms with E-state index in [1.165, 1.54) is 6.07 Å².